The number of hydrogen-bond donors (Lipinski definition) is 1. The van der Waals surface area contributed by atoms with Gasteiger partial charge in [-0.2, -0.15) is 0 Å². The van der Waals surface area contributed by atoms with E-state index in [2.05, 4.69) is 15.5 Å². The van der Waals surface area contributed by atoms with Crippen LogP contribution in [-0.4, -0.2) is 16.1 Å². The molecule has 1 saturated carbocycles. The molecule has 1 aliphatic carbocycles. The average Bonchev–Trinajstić information content (AvgIpc) is 2.98. The van der Waals surface area contributed by atoms with Gasteiger partial charge < -0.3 is 9.73 Å². The lowest BCUT2D eigenvalue weighted by molar-refractivity contribution is -0.130. The van der Waals surface area contributed by atoms with E-state index >= 15 is 0 Å². The molecular weight excluding hydrogens is 326 g/mol. The van der Waals surface area contributed by atoms with E-state index in [0.29, 0.717) is 16.8 Å². The van der Waals surface area contributed by atoms with Crippen molar-refractivity contribution in [2.24, 2.45) is 0 Å². The Labute approximate surface area is 146 Å². The molecule has 1 heterocycles. The number of nitrogens with one attached hydrogen (secondary N) is 1. The quantitative estimate of drug-likeness (QED) is 0.882. The van der Waals surface area contributed by atoms with Gasteiger partial charge in [0.05, 0.1) is 5.41 Å². The van der Waals surface area contributed by atoms with Gasteiger partial charge in [-0.05, 0) is 37.5 Å². The number of rotatable bonds is 5. The maximum absolute atomic E-state index is 12.9. The summed E-state index contributed by atoms with van der Waals surface area (Å²) in [5.74, 6) is 1.20. The molecule has 1 N–H and O–H groups in total. The SMILES string of the molecule is CC(C)c1nnc(C(C)NC(=O)C2(c3ccc(Cl)cc3)CCC2)o1. The molecule has 6 heteroatoms. The number of nitrogens with zero attached hydrogens (tertiary/aromatic N) is 2. The van der Waals surface area contributed by atoms with Crippen LogP contribution in [0.1, 0.15) is 69.3 Å². The Morgan fingerprint density at radius 3 is 2.29 bits per heavy atom. The second kappa shape index (κ2) is 6.55. The van der Waals surface area contributed by atoms with E-state index in [-0.39, 0.29) is 17.9 Å². The summed E-state index contributed by atoms with van der Waals surface area (Å²) in [6.45, 7) is 5.85. The highest BCUT2D eigenvalue weighted by molar-refractivity contribution is 6.30. The number of benzene rings is 1. The first-order chi connectivity index (χ1) is 11.4. The predicted octanol–water partition coefficient (Wildman–Crippen LogP) is 4.15. The van der Waals surface area contributed by atoms with Crippen molar-refractivity contribution in [2.75, 3.05) is 0 Å². The van der Waals surface area contributed by atoms with Crippen molar-refractivity contribution in [1.29, 1.82) is 0 Å². The zero-order chi connectivity index (χ0) is 17.3. The molecule has 1 unspecified atom stereocenters. The fourth-order valence-electron chi connectivity index (χ4n) is 3.00. The Morgan fingerprint density at radius 1 is 1.17 bits per heavy atom. The minimum atomic E-state index is -0.472. The first-order valence-electron chi connectivity index (χ1n) is 8.33. The third-order valence-electron chi connectivity index (χ3n) is 4.71. The Morgan fingerprint density at radius 2 is 1.79 bits per heavy atom. The van der Waals surface area contributed by atoms with Crippen molar-refractivity contribution in [1.82, 2.24) is 15.5 Å². The van der Waals surface area contributed by atoms with Gasteiger partial charge in [-0.15, -0.1) is 10.2 Å². The van der Waals surface area contributed by atoms with Crippen LogP contribution in [0.15, 0.2) is 28.7 Å². The second-order valence-electron chi connectivity index (χ2n) is 6.77. The van der Waals surface area contributed by atoms with Crippen LogP contribution < -0.4 is 5.32 Å². The van der Waals surface area contributed by atoms with E-state index in [1.54, 1.807) is 0 Å². The molecule has 1 atom stereocenters. The highest BCUT2D eigenvalue weighted by Crippen LogP contribution is 2.44. The van der Waals surface area contributed by atoms with Crippen molar-refractivity contribution in [3.05, 3.63) is 46.6 Å². The maximum atomic E-state index is 12.9. The zero-order valence-electron chi connectivity index (χ0n) is 14.2. The molecule has 0 radical (unpaired) electrons. The summed E-state index contributed by atoms with van der Waals surface area (Å²) in [6, 6.07) is 7.23. The first kappa shape index (κ1) is 17.0. The Bertz CT molecular complexity index is 720. The second-order valence-corrected chi connectivity index (χ2v) is 7.21. The van der Waals surface area contributed by atoms with Crippen molar-refractivity contribution in [3.63, 3.8) is 0 Å². The largest absolute Gasteiger partial charge is 0.423 e. The minimum Gasteiger partial charge on any atom is -0.423 e. The third kappa shape index (κ3) is 3.05. The van der Waals surface area contributed by atoms with E-state index in [0.717, 1.165) is 24.8 Å². The molecule has 0 spiro atoms. The molecule has 1 aliphatic rings. The number of halogens is 1. The molecule has 5 nitrogen and oxygen atoms in total. The monoisotopic (exact) mass is 347 g/mol. The van der Waals surface area contributed by atoms with E-state index in [4.69, 9.17) is 16.0 Å². The molecule has 1 aromatic carbocycles. The fraction of sp³-hybridized carbons (Fsp3) is 0.500. The number of carbonyl (C=O) groups is 1. The van der Waals surface area contributed by atoms with Crippen molar-refractivity contribution >= 4 is 17.5 Å². The topological polar surface area (TPSA) is 68.0 Å². The summed E-state index contributed by atoms with van der Waals surface area (Å²) in [5, 5.41) is 11.8. The summed E-state index contributed by atoms with van der Waals surface area (Å²) >= 11 is 5.97. The summed E-state index contributed by atoms with van der Waals surface area (Å²) in [7, 11) is 0. The lowest BCUT2D eigenvalue weighted by Gasteiger charge is -2.41. The lowest BCUT2D eigenvalue weighted by Crippen LogP contribution is -2.49. The van der Waals surface area contributed by atoms with Gasteiger partial charge in [-0.3, -0.25) is 4.79 Å². The van der Waals surface area contributed by atoms with Gasteiger partial charge in [0.15, 0.2) is 0 Å². The first-order valence-corrected chi connectivity index (χ1v) is 8.70. The molecule has 1 fully saturated rings. The third-order valence-corrected chi connectivity index (χ3v) is 4.96. The number of hydrogen-bond acceptors (Lipinski definition) is 4. The Balaban J connectivity index is 1.75. The number of carbonyl (C=O) groups excluding carboxylic acids is 1. The van der Waals surface area contributed by atoms with Crippen LogP contribution in [0.5, 0.6) is 0 Å². The molecule has 0 aliphatic heterocycles. The van der Waals surface area contributed by atoms with Gasteiger partial charge in [-0.25, -0.2) is 0 Å². The summed E-state index contributed by atoms with van der Waals surface area (Å²) in [5.41, 5.74) is 0.538. The molecular formula is C18H22ClN3O2. The Hall–Kier alpha value is -1.88. The van der Waals surface area contributed by atoms with Crippen LogP contribution in [0.2, 0.25) is 5.02 Å². The van der Waals surface area contributed by atoms with Crippen LogP contribution in [0.3, 0.4) is 0 Å². The zero-order valence-corrected chi connectivity index (χ0v) is 14.9. The average molecular weight is 348 g/mol. The van der Waals surface area contributed by atoms with Crippen LogP contribution in [0, 0.1) is 0 Å². The molecule has 128 valence electrons. The molecule has 2 aromatic rings. The van der Waals surface area contributed by atoms with Crippen molar-refractivity contribution in [3.8, 4) is 0 Å². The van der Waals surface area contributed by atoms with Gasteiger partial charge in [-0.1, -0.05) is 44.0 Å². The fourth-order valence-corrected chi connectivity index (χ4v) is 3.12. The highest BCUT2D eigenvalue weighted by atomic mass is 35.5. The van der Waals surface area contributed by atoms with Gasteiger partial charge in [0.1, 0.15) is 6.04 Å². The van der Waals surface area contributed by atoms with E-state index < -0.39 is 5.41 Å². The smallest absolute Gasteiger partial charge is 0.238 e. The van der Waals surface area contributed by atoms with E-state index in [9.17, 15) is 4.79 Å². The molecule has 1 aromatic heterocycles. The van der Waals surface area contributed by atoms with E-state index in [1.807, 2.05) is 45.0 Å². The number of aromatic nitrogens is 2. The molecule has 0 saturated heterocycles. The van der Waals surface area contributed by atoms with Crippen molar-refractivity contribution in [2.45, 2.75) is 57.4 Å². The predicted molar refractivity (Wildman–Crippen MR) is 91.9 cm³/mol. The lowest BCUT2D eigenvalue weighted by atomic mass is 9.63. The van der Waals surface area contributed by atoms with Crippen LogP contribution in [0.4, 0.5) is 0 Å². The molecule has 1 amide bonds. The van der Waals surface area contributed by atoms with Gasteiger partial charge in [0, 0.05) is 10.9 Å². The van der Waals surface area contributed by atoms with E-state index in [1.165, 1.54) is 0 Å². The maximum Gasteiger partial charge on any atom is 0.238 e. The molecule has 24 heavy (non-hydrogen) atoms. The van der Waals surface area contributed by atoms with Gasteiger partial charge in [0.2, 0.25) is 17.7 Å². The molecule has 3 rings (SSSR count). The Kier molecular flexibility index (Phi) is 4.63. The molecule has 0 bridgehead atoms. The summed E-state index contributed by atoms with van der Waals surface area (Å²) in [6.07, 6.45) is 2.73. The summed E-state index contributed by atoms with van der Waals surface area (Å²) in [4.78, 5) is 12.9. The summed E-state index contributed by atoms with van der Waals surface area (Å²) < 4.78 is 5.64. The van der Waals surface area contributed by atoms with Crippen molar-refractivity contribution < 1.29 is 9.21 Å². The van der Waals surface area contributed by atoms with Gasteiger partial charge in [0.25, 0.3) is 0 Å². The highest BCUT2D eigenvalue weighted by Gasteiger charge is 2.46. The standard InChI is InChI=1S/C18H22ClN3O2/c1-11(2)15-21-22-16(24-15)12(3)20-17(23)18(9-4-10-18)13-5-7-14(19)8-6-13/h5-8,11-12H,4,9-10H2,1-3H3,(H,20,23). The van der Waals surface area contributed by atoms with Crippen LogP contribution in [0.25, 0.3) is 0 Å². The minimum absolute atomic E-state index is 0.00729. The van der Waals surface area contributed by atoms with Crippen LogP contribution in [-0.2, 0) is 10.2 Å². The normalized spacial score (nSPS) is 17.4. The van der Waals surface area contributed by atoms with Gasteiger partial charge >= 0.3 is 0 Å². The number of amides is 1. The van der Waals surface area contributed by atoms with Crippen LogP contribution >= 0.6 is 11.6 Å².